The number of rotatable bonds is 74. The number of carbonyl (C=O) groups is 4. The summed E-state index contributed by atoms with van der Waals surface area (Å²) in [5.74, 6) is -1.52. The van der Waals surface area contributed by atoms with Crippen molar-refractivity contribution in [2.75, 3.05) is 39.6 Å². The fourth-order valence-electron chi connectivity index (χ4n) is 11.4. The molecule has 0 fully saturated rings. The Kier molecular flexibility index (Phi) is 77.6. The van der Waals surface area contributed by atoms with Gasteiger partial charge in [0.05, 0.1) is 38.5 Å². The second-order valence-electron chi connectivity index (χ2n) is 26.6. The van der Waals surface area contributed by atoms with E-state index in [2.05, 4.69) is 38.3 Å². The number of aliphatic hydroxyl groups is 1. The maximum absolute atomic E-state index is 13.1. The van der Waals surface area contributed by atoms with Crippen molar-refractivity contribution in [2.45, 2.75) is 405 Å². The molecule has 4 unspecified atom stereocenters. The van der Waals surface area contributed by atoms with Crippen molar-refractivity contribution in [3.8, 4) is 0 Å². The monoisotopic (exact) mass is 1400 g/mol. The van der Waals surface area contributed by atoms with Crippen LogP contribution in [0.3, 0.4) is 0 Å². The zero-order chi connectivity index (χ0) is 67.5. The molecule has 5 N–H and O–H groups in total. The Morgan fingerprint density at radius 3 is 0.681 bits per heavy atom. The Hall–Kier alpha value is 0.0600. The van der Waals surface area contributed by atoms with Crippen LogP contribution in [-0.4, -0.2) is 96.5 Å². The molecule has 0 aliphatic carbocycles. The number of esters is 2. The molecule has 94 heavy (non-hydrogen) atoms. The van der Waals surface area contributed by atoms with Crippen molar-refractivity contribution in [1.29, 1.82) is 0 Å². The first-order valence-electron chi connectivity index (χ1n) is 38.5. The Morgan fingerprint density at radius 1 is 0.287 bits per heavy atom. The van der Waals surface area contributed by atoms with Gasteiger partial charge in [-0.1, -0.05) is 336 Å². The van der Waals surface area contributed by atoms with Crippen LogP contribution in [0.5, 0.6) is 0 Å². The van der Waals surface area contributed by atoms with Gasteiger partial charge in [0.25, 0.3) is 0 Å². The fraction of sp³-hybridized carbons (Fsp3) is 0.945. The molecule has 0 saturated heterocycles. The average Bonchev–Trinajstić information content (AvgIpc) is 2.29. The summed E-state index contributed by atoms with van der Waals surface area (Å²) in [5.41, 5.74) is 0. The molecule has 0 radical (unpaired) electrons. The van der Waals surface area contributed by atoms with Crippen molar-refractivity contribution in [3.05, 3.63) is 0 Å². The van der Waals surface area contributed by atoms with Gasteiger partial charge in [0, 0.05) is 25.7 Å². The molecule has 21 heteroatoms. The van der Waals surface area contributed by atoms with Crippen molar-refractivity contribution < 1.29 is 130 Å². The summed E-state index contributed by atoms with van der Waals surface area (Å²) >= 11 is 0. The quantitative estimate of drug-likeness (QED) is 0.0165. The van der Waals surface area contributed by atoms with Gasteiger partial charge in [0.15, 0.2) is 0 Å². The molecule has 0 bridgehead atoms. The van der Waals surface area contributed by atoms with Gasteiger partial charge in [0.2, 0.25) is 11.8 Å². The van der Waals surface area contributed by atoms with Crippen LogP contribution >= 0.6 is 15.6 Å². The first-order chi connectivity index (χ1) is 44.7. The molecule has 0 saturated carbocycles. The van der Waals surface area contributed by atoms with Crippen molar-refractivity contribution in [2.24, 2.45) is 0 Å². The number of hydrogen-bond donors (Lipinski definition) is 5. The molecule has 0 rings (SSSR count). The molecule has 4 atom stereocenters. The third-order valence-corrected chi connectivity index (χ3v) is 19.2. The Bertz CT molecular complexity index is 1660. The normalized spacial score (nSPS) is 13.6. The zero-order valence-electron chi connectivity index (χ0n) is 61.7. The minimum atomic E-state index is -4.90. The molecule has 0 aromatic carbocycles. The van der Waals surface area contributed by atoms with Gasteiger partial charge >= 0.3 is 86.7 Å². The largest absolute Gasteiger partial charge is 1.00 e. The van der Waals surface area contributed by atoms with E-state index in [4.69, 9.17) is 27.6 Å². The average molecular weight is 1400 g/mol. The second-order valence-corrected chi connectivity index (χ2v) is 29.5. The summed E-state index contributed by atoms with van der Waals surface area (Å²) in [4.78, 5) is 73.1. The van der Waals surface area contributed by atoms with E-state index in [1.807, 2.05) is 0 Å². The summed E-state index contributed by atoms with van der Waals surface area (Å²) in [6.45, 7) is 5.53. The van der Waals surface area contributed by atoms with Gasteiger partial charge < -0.3 is 35.0 Å². The second kappa shape index (κ2) is 74.3. The van der Waals surface area contributed by atoms with Crippen LogP contribution in [0.2, 0.25) is 0 Å². The van der Waals surface area contributed by atoms with Crippen LogP contribution < -0.4 is 69.7 Å². The van der Waals surface area contributed by atoms with Crippen LogP contribution in [0.15, 0.2) is 0 Å². The van der Waals surface area contributed by atoms with Gasteiger partial charge in [-0.25, -0.2) is 9.13 Å². The van der Waals surface area contributed by atoms with Gasteiger partial charge in [-0.05, 0) is 25.7 Å². The molecular formula is C73H144N2Na2O15P2+2. The Morgan fingerprint density at radius 2 is 0.468 bits per heavy atom. The number of amides is 2. The van der Waals surface area contributed by atoms with E-state index in [1.54, 1.807) is 0 Å². The SMILES string of the molecule is CCCCCCCCCCCCCCCC(=O)NC(COC(=O)CCCCCCCCCCCCCCC)COP(=O)(O)OCC(O)COP(=O)(O)OCC(COC(=O)CCCCCCCCCCCCCCC)NC(=O)CCCCCCCCCCCCCCC.[Na+].[Na+]. The van der Waals surface area contributed by atoms with Gasteiger partial charge in [-0.15, -0.1) is 0 Å². The fourth-order valence-corrected chi connectivity index (χ4v) is 13.0. The molecular weight excluding hydrogens is 1250 g/mol. The summed E-state index contributed by atoms with van der Waals surface area (Å²) in [5, 5.41) is 16.2. The molecule has 0 spiro atoms. The molecule has 17 nitrogen and oxygen atoms in total. The first-order valence-corrected chi connectivity index (χ1v) is 41.5. The number of ether oxygens (including phenoxy) is 2. The molecule has 0 aromatic heterocycles. The van der Waals surface area contributed by atoms with Crippen molar-refractivity contribution in [1.82, 2.24) is 10.6 Å². The minimum absolute atomic E-state index is 0. The molecule has 0 aliphatic rings. The van der Waals surface area contributed by atoms with Crippen molar-refractivity contribution in [3.63, 3.8) is 0 Å². The van der Waals surface area contributed by atoms with Gasteiger partial charge in [0.1, 0.15) is 19.3 Å². The van der Waals surface area contributed by atoms with Crippen LogP contribution in [-0.2, 0) is 55.9 Å². The van der Waals surface area contributed by atoms with Crippen LogP contribution in [0.25, 0.3) is 0 Å². The number of aliphatic hydroxyl groups excluding tert-OH is 1. The van der Waals surface area contributed by atoms with Crippen molar-refractivity contribution >= 4 is 39.4 Å². The predicted molar refractivity (Wildman–Crippen MR) is 376 cm³/mol. The number of hydrogen-bond acceptors (Lipinski definition) is 13. The summed E-state index contributed by atoms with van der Waals surface area (Å²) < 4.78 is 57.7. The molecule has 0 aromatic rings. The number of phosphoric ester groups is 2. The zero-order valence-corrected chi connectivity index (χ0v) is 67.5. The smallest absolute Gasteiger partial charge is 0.463 e. The van der Waals surface area contributed by atoms with E-state index in [-0.39, 0.29) is 110 Å². The maximum Gasteiger partial charge on any atom is 1.00 e. The van der Waals surface area contributed by atoms with Crippen LogP contribution in [0.4, 0.5) is 0 Å². The van der Waals surface area contributed by atoms with Crippen LogP contribution in [0, 0.1) is 0 Å². The summed E-state index contributed by atoms with van der Waals surface area (Å²) in [6, 6.07) is -1.95. The molecule has 2 amide bonds. The topological polar surface area (TPSA) is 243 Å². The maximum atomic E-state index is 13.1. The van der Waals surface area contributed by atoms with E-state index in [0.29, 0.717) is 25.7 Å². The first kappa shape index (κ1) is 98.2. The number of unbranched alkanes of at least 4 members (excludes halogenated alkanes) is 48. The third-order valence-electron chi connectivity index (χ3n) is 17.3. The molecule has 0 heterocycles. The van der Waals surface area contributed by atoms with Gasteiger partial charge in [-0.2, -0.15) is 0 Å². The van der Waals surface area contributed by atoms with E-state index < -0.39 is 72.2 Å². The predicted octanol–water partition coefficient (Wildman–Crippen LogP) is 14.6. The summed E-state index contributed by atoms with van der Waals surface area (Å²) in [7, 11) is -9.81. The summed E-state index contributed by atoms with van der Waals surface area (Å²) in [6.07, 6.45) is 60.1. The number of phosphoric acid groups is 2. The van der Waals surface area contributed by atoms with E-state index in [0.717, 1.165) is 77.0 Å². The Labute approximate surface area is 620 Å². The Balaban J connectivity index is -0.0000414. The molecule has 546 valence electrons. The third kappa shape index (κ3) is 73.3. The number of carbonyl (C=O) groups excluding carboxylic acids is 4. The number of nitrogens with one attached hydrogen (secondary N) is 2. The van der Waals surface area contributed by atoms with E-state index in [9.17, 15) is 43.2 Å². The molecule has 0 aliphatic heterocycles. The van der Waals surface area contributed by atoms with Gasteiger partial charge in [-0.3, -0.25) is 37.3 Å². The van der Waals surface area contributed by atoms with Crippen LogP contribution in [0.1, 0.15) is 387 Å². The standard InChI is InChI=1S/C73H144N2O15P2.2Na/c1-5-9-13-17-21-25-29-33-37-41-45-49-53-57-70(77)74-67(61-85-72(79)59-55-51-47-43-39-35-31-27-23-19-15-11-7-3)63-87-91(81,82)89-65-69(76)66-90-92(83,84)88-64-68(75-71(78)58-54-50-46-42-38-34-30-26-22-18-14-10-6-2)62-86-73(80)60-56-52-48-44-40-36-32-28-24-20-16-12-8-4;;/h67-69,76H,5-66H2,1-4H3,(H,74,77)(H,75,78)(H,81,82)(H,83,84);;/q;2*+1. The minimum Gasteiger partial charge on any atom is -0.463 e. The van der Waals surface area contributed by atoms with E-state index in [1.165, 1.54) is 231 Å². The van der Waals surface area contributed by atoms with E-state index >= 15 is 0 Å².